The summed E-state index contributed by atoms with van der Waals surface area (Å²) in [6.07, 6.45) is -0.628. The molecule has 2 aromatic rings. The van der Waals surface area contributed by atoms with Crippen molar-refractivity contribution in [2.24, 2.45) is 0 Å². The first-order valence-electron chi connectivity index (χ1n) is 8.38. The van der Waals surface area contributed by atoms with Gasteiger partial charge >= 0.3 is 5.97 Å². The third-order valence-electron chi connectivity index (χ3n) is 4.35. The van der Waals surface area contributed by atoms with Gasteiger partial charge < -0.3 is 15.4 Å². The molecule has 0 radical (unpaired) electrons. The second-order valence-electron chi connectivity index (χ2n) is 6.29. The molecule has 6 nitrogen and oxygen atoms in total. The Morgan fingerprint density at radius 3 is 2.50 bits per heavy atom. The fourth-order valence-electron chi connectivity index (χ4n) is 2.95. The minimum atomic E-state index is -0.926. The number of ether oxygens (including phenoxy) is 1. The summed E-state index contributed by atoms with van der Waals surface area (Å²) in [4.78, 5) is 36.4. The van der Waals surface area contributed by atoms with Gasteiger partial charge in [0.15, 0.2) is 6.10 Å². The second-order valence-corrected chi connectivity index (χ2v) is 6.29. The van der Waals surface area contributed by atoms with Crippen LogP contribution in [0.15, 0.2) is 42.5 Å². The SMILES string of the molecule is Cc1cccc(C)c1NC(=O)CNC(=O)C1Cc2ccccc2C(=O)O1. The Labute approximate surface area is 151 Å². The third-order valence-corrected chi connectivity index (χ3v) is 4.35. The van der Waals surface area contributed by atoms with Crippen molar-refractivity contribution in [3.05, 3.63) is 64.7 Å². The maximum absolute atomic E-state index is 12.3. The molecule has 1 atom stereocenters. The Morgan fingerprint density at radius 2 is 1.77 bits per heavy atom. The van der Waals surface area contributed by atoms with Gasteiger partial charge in [-0.1, -0.05) is 36.4 Å². The summed E-state index contributed by atoms with van der Waals surface area (Å²) in [5, 5.41) is 5.33. The molecule has 3 rings (SSSR count). The number of esters is 1. The monoisotopic (exact) mass is 352 g/mol. The first-order chi connectivity index (χ1) is 12.5. The molecule has 0 fully saturated rings. The lowest BCUT2D eigenvalue weighted by molar-refractivity contribution is -0.131. The molecule has 0 saturated carbocycles. The van der Waals surface area contributed by atoms with E-state index in [-0.39, 0.29) is 12.5 Å². The number of hydrogen-bond donors (Lipinski definition) is 2. The molecule has 2 aromatic carbocycles. The molecule has 1 unspecified atom stereocenters. The summed E-state index contributed by atoms with van der Waals surface area (Å²) < 4.78 is 5.18. The van der Waals surface area contributed by atoms with Crippen molar-refractivity contribution in [3.8, 4) is 0 Å². The fraction of sp³-hybridized carbons (Fsp3) is 0.250. The Kier molecular flexibility index (Phi) is 5.02. The van der Waals surface area contributed by atoms with Gasteiger partial charge in [0.25, 0.3) is 5.91 Å². The van der Waals surface area contributed by atoms with E-state index in [0.29, 0.717) is 12.0 Å². The number of carbonyl (C=O) groups excluding carboxylic acids is 3. The van der Waals surface area contributed by atoms with Crippen molar-refractivity contribution in [1.29, 1.82) is 0 Å². The Bertz CT molecular complexity index is 856. The molecule has 6 heteroatoms. The lowest BCUT2D eigenvalue weighted by Crippen LogP contribution is -2.44. The number of cyclic esters (lactones) is 1. The van der Waals surface area contributed by atoms with Crippen LogP contribution in [0.3, 0.4) is 0 Å². The molecule has 1 aliphatic rings. The van der Waals surface area contributed by atoms with Crippen LogP contribution in [0.4, 0.5) is 5.69 Å². The molecule has 2 N–H and O–H groups in total. The number of fused-ring (bicyclic) bond motifs is 1. The van der Waals surface area contributed by atoms with Crippen LogP contribution in [0.1, 0.15) is 27.0 Å². The molecular weight excluding hydrogens is 332 g/mol. The van der Waals surface area contributed by atoms with Crippen molar-refractivity contribution in [3.63, 3.8) is 0 Å². The van der Waals surface area contributed by atoms with E-state index in [1.165, 1.54) is 0 Å². The number of aryl methyl sites for hydroxylation is 2. The van der Waals surface area contributed by atoms with Crippen LogP contribution >= 0.6 is 0 Å². The lowest BCUT2D eigenvalue weighted by atomic mass is 9.98. The number of rotatable bonds is 4. The first kappa shape index (κ1) is 17.7. The molecule has 0 aromatic heterocycles. The number of amides is 2. The highest BCUT2D eigenvalue weighted by Crippen LogP contribution is 2.21. The highest BCUT2D eigenvalue weighted by atomic mass is 16.5. The van der Waals surface area contributed by atoms with Gasteiger partial charge in [-0.05, 0) is 36.6 Å². The maximum atomic E-state index is 12.3. The number of benzene rings is 2. The summed E-state index contributed by atoms with van der Waals surface area (Å²) in [5.41, 5.74) is 3.88. The zero-order valence-electron chi connectivity index (χ0n) is 14.7. The largest absolute Gasteiger partial charge is 0.448 e. The molecule has 0 bridgehead atoms. The molecule has 0 spiro atoms. The Balaban J connectivity index is 1.58. The zero-order chi connectivity index (χ0) is 18.7. The first-order valence-corrected chi connectivity index (χ1v) is 8.38. The van der Waals surface area contributed by atoms with E-state index in [4.69, 9.17) is 4.74 Å². The predicted molar refractivity (Wildman–Crippen MR) is 96.9 cm³/mol. The van der Waals surface area contributed by atoms with Gasteiger partial charge in [-0.3, -0.25) is 9.59 Å². The van der Waals surface area contributed by atoms with Crippen LogP contribution in [0.5, 0.6) is 0 Å². The summed E-state index contributed by atoms with van der Waals surface area (Å²) in [5.74, 6) is -1.34. The molecule has 1 aliphatic heterocycles. The van der Waals surface area contributed by atoms with Crippen molar-refractivity contribution in [2.45, 2.75) is 26.4 Å². The average Bonchev–Trinajstić information content (AvgIpc) is 2.63. The van der Waals surface area contributed by atoms with Gasteiger partial charge in [0.2, 0.25) is 5.91 Å². The van der Waals surface area contributed by atoms with E-state index in [1.807, 2.05) is 38.1 Å². The molecule has 0 saturated heterocycles. The quantitative estimate of drug-likeness (QED) is 0.826. The molecule has 2 amide bonds. The van der Waals surface area contributed by atoms with Crippen LogP contribution in [0, 0.1) is 13.8 Å². The summed E-state index contributed by atoms with van der Waals surface area (Å²) >= 11 is 0. The van der Waals surface area contributed by atoms with Gasteiger partial charge in [0, 0.05) is 12.1 Å². The van der Waals surface area contributed by atoms with E-state index >= 15 is 0 Å². The van der Waals surface area contributed by atoms with Gasteiger partial charge in [0.1, 0.15) is 0 Å². The minimum absolute atomic E-state index is 0.192. The number of anilines is 1. The van der Waals surface area contributed by atoms with E-state index in [2.05, 4.69) is 10.6 Å². The van der Waals surface area contributed by atoms with E-state index in [0.717, 1.165) is 22.4 Å². The van der Waals surface area contributed by atoms with Gasteiger partial charge in [-0.15, -0.1) is 0 Å². The van der Waals surface area contributed by atoms with Crippen LogP contribution in [-0.4, -0.2) is 30.4 Å². The van der Waals surface area contributed by atoms with E-state index in [1.54, 1.807) is 18.2 Å². The van der Waals surface area contributed by atoms with Gasteiger partial charge in [-0.25, -0.2) is 4.79 Å². The normalized spacial score (nSPS) is 15.6. The molecule has 134 valence electrons. The molecule has 0 aliphatic carbocycles. The summed E-state index contributed by atoms with van der Waals surface area (Å²) in [6.45, 7) is 3.61. The number of carbonyl (C=O) groups is 3. The number of hydrogen-bond acceptors (Lipinski definition) is 4. The van der Waals surface area contributed by atoms with Gasteiger partial charge in [-0.2, -0.15) is 0 Å². The number of para-hydroxylation sites is 1. The summed E-state index contributed by atoms with van der Waals surface area (Å²) in [7, 11) is 0. The van der Waals surface area contributed by atoms with E-state index < -0.39 is 18.0 Å². The lowest BCUT2D eigenvalue weighted by Gasteiger charge is -2.23. The standard InChI is InChI=1S/C20H20N2O4/c1-12-6-5-7-13(2)18(12)22-17(23)11-21-19(24)16-10-14-8-3-4-9-15(14)20(25)26-16/h3-9,16H,10-11H2,1-2H3,(H,21,24)(H,22,23). The molecule has 1 heterocycles. The van der Waals surface area contributed by atoms with Crippen LogP contribution in [0.25, 0.3) is 0 Å². The fourth-order valence-corrected chi connectivity index (χ4v) is 2.95. The van der Waals surface area contributed by atoms with Crippen LogP contribution in [-0.2, 0) is 20.7 Å². The smallest absolute Gasteiger partial charge is 0.339 e. The highest BCUT2D eigenvalue weighted by molar-refractivity contribution is 5.98. The maximum Gasteiger partial charge on any atom is 0.339 e. The van der Waals surface area contributed by atoms with Crippen LogP contribution in [0.2, 0.25) is 0 Å². The van der Waals surface area contributed by atoms with Crippen LogP contribution < -0.4 is 10.6 Å². The van der Waals surface area contributed by atoms with Crippen molar-refractivity contribution >= 4 is 23.5 Å². The molecular formula is C20H20N2O4. The molecule has 26 heavy (non-hydrogen) atoms. The third kappa shape index (κ3) is 3.74. The Morgan fingerprint density at radius 1 is 1.08 bits per heavy atom. The van der Waals surface area contributed by atoms with Crippen molar-refractivity contribution in [2.75, 3.05) is 11.9 Å². The topological polar surface area (TPSA) is 84.5 Å². The second kappa shape index (κ2) is 7.39. The van der Waals surface area contributed by atoms with Gasteiger partial charge in [0.05, 0.1) is 12.1 Å². The Hall–Kier alpha value is -3.15. The number of nitrogens with one attached hydrogen (secondary N) is 2. The minimum Gasteiger partial charge on any atom is -0.448 e. The van der Waals surface area contributed by atoms with E-state index in [9.17, 15) is 14.4 Å². The average molecular weight is 352 g/mol. The zero-order valence-corrected chi connectivity index (χ0v) is 14.7. The van der Waals surface area contributed by atoms with Crippen molar-refractivity contribution in [1.82, 2.24) is 5.32 Å². The highest BCUT2D eigenvalue weighted by Gasteiger charge is 2.31. The predicted octanol–water partition coefficient (Wildman–Crippen LogP) is 2.14. The summed E-state index contributed by atoms with van der Waals surface area (Å²) in [6, 6.07) is 12.7. The van der Waals surface area contributed by atoms with Crippen molar-refractivity contribution < 1.29 is 19.1 Å².